The number of rotatable bonds is 6. The number of benzene rings is 2. The third kappa shape index (κ3) is 4.23. The van der Waals surface area contributed by atoms with E-state index in [2.05, 4.69) is 14.9 Å². The smallest absolute Gasteiger partial charge is 0.410 e. The van der Waals surface area contributed by atoms with E-state index in [0.717, 1.165) is 22.2 Å². The number of anilines is 1. The minimum atomic E-state index is -1.45. The van der Waals surface area contributed by atoms with E-state index in [1.165, 1.54) is 6.92 Å². The number of nitrogens with zero attached hydrogens (tertiary/aromatic N) is 6. The molecule has 0 N–H and O–H groups in total. The van der Waals surface area contributed by atoms with Gasteiger partial charge in [0, 0.05) is 57.1 Å². The lowest BCUT2D eigenvalue weighted by Gasteiger charge is -2.35. The highest BCUT2D eigenvalue weighted by Crippen LogP contribution is 2.27. The Hall–Kier alpha value is -4.41. The molecule has 2 atom stereocenters. The summed E-state index contributed by atoms with van der Waals surface area (Å²) < 4.78 is 27.5. The number of halogens is 1. The van der Waals surface area contributed by atoms with Crippen molar-refractivity contribution in [1.29, 1.82) is 0 Å². The molecule has 0 bridgehead atoms. The molecule has 10 nitrogen and oxygen atoms in total. The second kappa shape index (κ2) is 9.47. The Bertz CT molecular complexity index is 1560. The van der Waals surface area contributed by atoms with Crippen molar-refractivity contribution in [3.8, 4) is 16.9 Å². The van der Waals surface area contributed by atoms with Gasteiger partial charge in [-0.3, -0.25) is 19.1 Å². The van der Waals surface area contributed by atoms with Gasteiger partial charge in [0.15, 0.2) is 0 Å². The summed E-state index contributed by atoms with van der Waals surface area (Å²) in [5.41, 5.74) is 3.06. The van der Waals surface area contributed by atoms with Crippen LogP contribution in [0.2, 0.25) is 0 Å². The van der Waals surface area contributed by atoms with E-state index in [1.54, 1.807) is 47.2 Å². The zero-order chi connectivity index (χ0) is 26.4. The molecular weight excluding hydrogens is 491 g/mol. The van der Waals surface area contributed by atoms with Crippen molar-refractivity contribution in [2.75, 3.05) is 31.1 Å². The monoisotopic (exact) mass is 518 g/mol. The van der Waals surface area contributed by atoms with Crippen molar-refractivity contribution >= 4 is 22.9 Å². The Morgan fingerprint density at radius 2 is 1.89 bits per heavy atom. The highest BCUT2D eigenvalue weighted by molar-refractivity contribution is 5.84. The lowest BCUT2D eigenvalue weighted by Crippen LogP contribution is -2.52. The molecule has 196 valence electrons. The number of hydrogen-bond donors (Lipinski definition) is 0. The standard InChI is InChI=1S/C27H27FN6O4/c1-17(28)38-24-6-4-3-5-19(24)14-34-23-11-18(7-8-22(23)25(35)31(34)2)20-12-29-26(30-13-20)32-9-10-33-21(15-32)16-37-27(33)36/h3-8,11-13,17,21H,9-10,14-16H2,1-2H3/t17?,21-/m1/s1. The molecule has 2 aromatic carbocycles. The SMILES string of the molecule is CC(F)Oc1ccccc1Cn1c2cc(-c3cnc(N4CCN5C(=O)OC[C@H]5C4)nc3)ccc2c(=O)n1C. The van der Waals surface area contributed by atoms with Crippen LogP contribution < -0.4 is 15.2 Å². The first kappa shape index (κ1) is 24.0. The molecule has 6 rings (SSSR count). The number of piperazine rings is 1. The summed E-state index contributed by atoms with van der Waals surface area (Å²) in [5, 5.41) is 0.581. The van der Waals surface area contributed by atoms with Crippen LogP contribution in [0.1, 0.15) is 12.5 Å². The van der Waals surface area contributed by atoms with Gasteiger partial charge in [0.05, 0.1) is 23.5 Å². The van der Waals surface area contributed by atoms with Crippen LogP contribution in [0.4, 0.5) is 15.1 Å². The summed E-state index contributed by atoms with van der Waals surface area (Å²) in [6.07, 6.45) is 1.83. The number of amides is 1. The van der Waals surface area contributed by atoms with Gasteiger partial charge < -0.3 is 14.4 Å². The Morgan fingerprint density at radius 1 is 1.11 bits per heavy atom. The molecule has 0 aliphatic carbocycles. The molecule has 4 aromatic rings. The molecule has 2 saturated heterocycles. The number of para-hydroxylation sites is 1. The van der Waals surface area contributed by atoms with Crippen LogP contribution in [0.25, 0.3) is 22.0 Å². The van der Waals surface area contributed by atoms with E-state index in [0.29, 0.717) is 49.9 Å². The van der Waals surface area contributed by atoms with Gasteiger partial charge in [0.1, 0.15) is 12.4 Å². The summed E-state index contributed by atoms with van der Waals surface area (Å²) in [5.74, 6) is 1.04. The second-order valence-corrected chi connectivity index (χ2v) is 9.53. The van der Waals surface area contributed by atoms with Gasteiger partial charge in [-0.1, -0.05) is 24.3 Å². The van der Waals surface area contributed by atoms with Crippen molar-refractivity contribution in [2.24, 2.45) is 7.05 Å². The van der Waals surface area contributed by atoms with Crippen LogP contribution in [-0.2, 0) is 18.3 Å². The molecule has 1 unspecified atom stereocenters. The van der Waals surface area contributed by atoms with Crippen LogP contribution in [0.3, 0.4) is 0 Å². The van der Waals surface area contributed by atoms with E-state index in [9.17, 15) is 14.0 Å². The van der Waals surface area contributed by atoms with Gasteiger partial charge in [-0.25, -0.2) is 19.2 Å². The Labute approximate surface area is 217 Å². The average molecular weight is 519 g/mol. The van der Waals surface area contributed by atoms with E-state index in [1.807, 2.05) is 28.9 Å². The Morgan fingerprint density at radius 3 is 2.68 bits per heavy atom. The third-order valence-electron chi connectivity index (χ3n) is 7.12. The molecule has 0 saturated carbocycles. The van der Waals surface area contributed by atoms with Gasteiger partial charge >= 0.3 is 6.09 Å². The molecular formula is C27H27FN6O4. The van der Waals surface area contributed by atoms with Crippen molar-refractivity contribution in [1.82, 2.24) is 24.2 Å². The molecule has 2 fully saturated rings. The van der Waals surface area contributed by atoms with Gasteiger partial charge in [-0.15, -0.1) is 0 Å². The highest BCUT2D eigenvalue weighted by Gasteiger charge is 2.38. The summed E-state index contributed by atoms with van der Waals surface area (Å²) >= 11 is 0. The normalized spacial score (nSPS) is 18.0. The van der Waals surface area contributed by atoms with Crippen molar-refractivity contribution in [3.05, 3.63) is 70.8 Å². The fourth-order valence-electron chi connectivity index (χ4n) is 5.13. The first-order valence-corrected chi connectivity index (χ1v) is 12.5. The maximum absolute atomic E-state index is 13.6. The van der Waals surface area contributed by atoms with Gasteiger partial charge in [0.2, 0.25) is 12.3 Å². The molecule has 1 amide bonds. The minimum Gasteiger partial charge on any atom is -0.460 e. The highest BCUT2D eigenvalue weighted by atomic mass is 19.1. The largest absolute Gasteiger partial charge is 0.460 e. The van der Waals surface area contributed by atoms with E-state index >= 15 is 0 Å². The number of carbonyl (C=O) groups excluding carboxylic acids is 1. The minimum absolute atomic E-state index is 0.0143. The van der Waals surface area contributed by atoms with Crippen LogP contribution in [0, 0.1) is 0 Å². The first-order valence-electron chi connectivity index (χ1n) is 12.5. The number of fused-ring (bicyclic) bond motifs is 2. The molecule has 2 aromatic heterocycles. The molecule has 2 aliphatic rings. The van der Waals surface area contributed by atoms with Crippen molar-refractivity contribution in [2.45, 2.75) is 25.9 Å². The number of alkyl halides is 1. The van der Waals surface area contributed by atoms with Crippen LogP contribution in [0.15, 0.2) is 59.7 Å². The third-order valence-corrected chi connectivity index (χ3v) is 7.12. The van der Waals surface area contributed by atoms with Crippen LogP contribution in [-0.4, -0.2) is 69.0 Å². The molecule has 2 aliphatic heterocycles. The maximum Gasteiger partial charge on any atom is 0.410 e. The molecule has 0 spiro atoms. The lowest BCUT2D eigenvalue weighted by atomic mass is 10.1. The first-order chi connectivity index (χ1) is 18.4. The topological polar surface area (TPSA) is 94.7 Å². The molecule has 0 radical (unpaired) electrons. The molecule has 11 heteroatoms. The number of aromatic nitrogens is 4. The Balaban J connectivity index is 1.29. The van der Waals surface area contributed by atoms with Crippen molar-refractivity contribution < 1.29 is 18.7 Å². The quantitative estimate of drug-likeness (QED) is 0.387. The number of cyclic esters (lactones) is 1. The number of hydrogen-bond acceptors (Lipinski definition) is 7. The van der Waals surface area contributed by atoms with Crippen LogP contribution in [0.5, 0.6) is 5.75 Å². The van der Waals surface area contributed by atoms with Gasteiger partial charge in [0.25, 0.3) is 5.56 Å². The predicted octanol–water partition coefficient (Wildman–Crippen LogP) is 3.18. The Kier molecular flexibility index (Phi) is 5.97. The van der Waals surface area contributed by atoms with Gasteiger partial charge in [-0.2, -0.15) is 0 Å². The second-order valence-electron chi connectivity index (χ2n) is 9.53. The fraction of sp³-hybridized carbons (Fsp3) is 0.333. The van der Waals surface area contributed by atoms with E-state index in [-0.39, 0.29) is 17.7 Å². The zero-order valence-electron chi connectivity index (χ0n) is 21.1. The average Bonchev–Trinajstić information content (AvgIpc) is 3.41. The zero-order valence-corrected chi connectivity index (χ0v) is 21.1. The van der Waals surface area contributed by atoms with Gasteiger partial charge in [-0.05, 0) is 23.8 Å². The molecule has 38 heavy (non-hydrogen) atoms. The van der Waals surface area contributed by atoms with Crippen molar-refractivity contribution in [3.63, 3.8) is 0 Å². The van der Waals surface area contributed by atoms with Crippen LogP contribution >= 0.6 is 0 Å². The van der Waals surface area contributed by atoms with E-state index in [4.69, 9.17) is 9.47 Å². The fourth-order valence-corrected chi connectivity index (χ4v) is 5.13. The lowest BCUT2D eigenvalue weighted by molar-refractivity contribution is 0.0847. The number of ether oxygens (including phenoxy) is 2. The summed E-state index contributed by atoms with van der Waals surface area (Å²) in [7, 11) is 1.71. The summed E-state index contributed by atoms with van der Waals surface area (Å²) in [6, 6.07) is 12.9. The maximum atomic E-state index is 13.6. The molecule has 4 heterocycles. The predicted molar refractivity (Wildman–Crippen MR) is 139 cm³/mol. The van der Waals surface area contributed by atoms with E-state index < -0.39 is 6.36 Å². The number of carbonyl (C=O) groups is 1. The summed E-state index contributed by atoms with van der Waals surface area (Å²) in [4.78, 5) is 37.7. The summed E-state index contributed by atoms with van der Waals surface area (Å²) in [6.45, 7) is 3.89.